The predicted octanol–water partition coefficient (Wildman–Crippen LogP) is 4.31. The first-order valence-corrected chi connectivity index (χ1v) is 9.83. The number of benzene rings is 1. The molecule has 0 N–H and O–H groups in total. The van der Waals surface area contributed by atoms with Gasteiger partial charge in [0, 0.05) is 29.1 Å². The number of hydrogen-bond acceptors (Lipinski definition) is 4. The quantitative estimate of drug-likeness (QED) is 0.640. The van der Waals surface area contributed by atoms with E-state index in [1.54, 1.807) is 39.5 Å². The Morgan fingerprint density at radius 3 is 2.59 bits per heavy atom. The summed E-state index contributed by atoms with van der Waals surface area (Å²) in [6.07, 6.45) is 3.10. The van der Waals surface area contributed by atoms with Gasteiger partial charge in [0.25, 0.3) is 5.91 Å². The van der Waals surface area contributed by atoms with Crippen LogP contribution in [0, 0.1) is 0 Å². The summed E-state index contributed by atoms with van der Waals surface area (Å²) in [5.74, 6) is 0.838. The van der Waals surface area contributed by atoms with E-state index in [1.807, 2.05) is 41.8 Å². The molecule has 5 nitrogen and oxygen atoms in total. The van der Waals surface area contributed by atoms with E-state index >= 15 is 0 Å². The molecule has 1 aliphatic heterocycles. The van der Waals surface area contributed by atoms with Crippen LogP contribution in [0.1, 0.15) is 33.8 Å². The van der Waals surface area contributed by atoms with Crippen LogP contribution in [0.5, 0.6) is 0 Å². The molecule has 1 fully saturated rings. The summed E-state index contributed by atoms with van der Waals surface area (Å²) in [6.45, 7) is 1.69. The predicted molar refractivity (Wildman–Crippen MR) is 105 cm³/mol. The molecule has 0 unspecified atom stereocenters. The third-order valence-electron chi connectivity index (χ3n) is 4.64. The first-order valence-electron chi connectivity index (χ1n) is 8.95. The van der Waals surface area contributed by atoms with Crippen LogP contribution in [-0.2, 0) is 17.9 Å². The minimum absolute atomic E-state index is 0.0564. The fourth-order valence-corrected chi connectivity index (χ4v) is 3.99. The fraction of sp³-hybridized carbons (Fsp3) is 0.238. The Hall–Kier alpha value is -2.86. The number of carbonyl (C=O) groups is 2. The number of hydrogen-bond donors (Lipinski definition) is 0. The van der Waals surface area contributed by atoms with Crippen LogP contribution in [0.2, 0.25) is 0 Å². The second kappa shape index (κ2) is 7.80. The molecule has 1 saturated heterocycles. The van der Waals surface area contributed by atoms with Gasteiger partial charge in [-0.3, -0.25) is 9.59 Å². The largest absolute Gasteiger partial charge is 0.467 e. The van der Waals surface area contributed by atoms with Crippen molar-refractivity contribution in [2.75, 3.05) is 11.4 Å². The molecule has 0 aliphatic carbocycles. The van der Waals surface area contributed by atoms with E-state index < -0.39 is 0 Å². The highest BCUT2D eigenvalue weighted by molar-refractivity contribution is 7.09. The summed E-state index contributed by atoms with van der Waals surface area (Å²) in [5.41, 5.74) is 1.46. The maximum Gasteiger partial charge on any atom is 0.254 e. The van der Waals surface area contributed by atoms with Crippen molar-refractivity contribution >= 4 is 28.8 Å². The molecule has 0 atom stereocenters. The second-order valence-electron chi connectivity index (χ2n) is 6.52. The summed E-state index contributed by atoms with van der Waals surface area (Å²) in [4.78, 5) is 29.7. The van der Waals surface area contributed by atoms with Crippen LogP contribution in [0.4, 0.5) is 5.69 Å². The van der Waals surface area contributed by atoms with Crippen molar-refractivity contribution < 1.29 is 14.0 Å². The van der Waals surface area contributed by atoms with Crippen molar-refractivity contribution in [1.82, 2.24) is 4.90 Å². The molecular formula is C21H20N2O3S. The lowest BCUT2D eigenvalue weighted by Gasteiger charge is -2.22. The zero-order valence-electron chi connectivity index (χ0n) is 14.8. The Balaban J connectivity index is 1.53. The second-order valence-corrected chi connectivity index (χ2v) is 7.55. The highest BCUT2D eigenvalue weighted by Crippen LogP contribution is 2.23. The summed E-state index contributed by atoms with van der Waals surface area (Å²) in [7, 11) is 0. The number of nitrogens with zero attached hydrogens (tertiary/aromatic N) is 2. The molecule has 0 spiro atoms. The highest BCUT2D eigenvalue weighted by atomic mass is 32.1. The van der Waals surface area contributed by atoms with E-state index in [4.69, 9.17) is 4.42 Å². The van der Waals surface area contributed by atoms with Crippen LogP contribution >= 0.6 is 11.3 Å². The zero-order valence-corrected chi connectivity index (χ0v) is 15.7. The number of rotatable bonds is 6. The molecule has 0 saturated carbocycles. The molecular weight excluding hydrogens is 360 g/mol. The van der Waals surface area contributed by atoms with Gasteiger partial charge in [-0.05, 0) is 54.3 Å². The lowest BCUT2D eigenvalue weighted by molar-refractivity contribution is -0.117. The van der Waals surface area contributed by atoms with Gasteiger partial charge in [-0.2, -0.15) is 0 Å². The molecule has 2 amide bonds. The normalized spacial score (nSPS) is 13.9. The van der Waals surface area contributed by atoms with Gasteiger partial charge in [0.2, 0.25) is 5.91 Å². The minimum Gasteiger partial charge on any atom is -0.467 e. The molecule has 138 valence electrons. The SMILES string of the molecule is O=C(c1ccc(N2CCCC2=O)cc1)N(Cc1ccco1)Cc1cccs1. The van der Waals surface area contributed by atoms with Crippen molar-refractivity contribution in [2.24, 2.45) is 0 Å². The van der Waals surface area contributed by atoms with Gasteiger partial charge in [-0.15, -0.1) is 11.3 Å². The standard InChI is InChI=1S/C21H20N2O3S/c24-20-6-1-11-23(20)17-9-7-16(8-10-17)21(25)22(14-18-4-2-12-26-18)15-19-5-3-13-27-19/h2-5,7-10,12-13H,1,6,11,14-15H2. The van der Waals surface area contributed by atoms with Crippen LogP contribution in [0.15, 0.2) is 64.6 Å². The fourth-order valence-electron chi connectivity index (χ4n) is 3.27. The minimum atomic E-state index is -0.0564. The van der Waals surface area contributed by atoms with Gasteiger partial charge in [0.1, 0.15) is 5.76 Å². The molecule has 1 aromatic carbocycles. The topological polar surface area (TPSA) is 53.8 Å². The third kappa shape index (κ3) is 3.95. The monoisotopic (exact) mass is 380 g/mol. The summed E-state index contributed by atoms with van der Waals surface area (Å²) < 4.78 is 5.43. The molecule has 1 aliphatic rings. The number of thiophene rings is 1. The van der Waals surface area contributed by atoms with Gasteiger partial charge >= 0.3 is 0 Å². The molecule has 3 heterocycles. The van der Waals surface area contributed by atoms with E-state index in [-0.39, 0.29) is 11.8 Å². The average Bonchev–Trinajstić information content (AvgIpc) is 3.44. The average molecular weight is 380 g/mol. The Bertz CT molecular complexity index is 865. The zero-order chi connectivity index (χ0) is 18.6. The van der Waals surface area contributed by atoms with Crippen LogP contribution in [-0.4, -0.2) is 23.3 Å². The third-order valence-corrected chi connectivity index (χ3v) is 5.50. The lowest BCUT2D eigenvalue weighted by Crippen LogP contribution is -2.30. The van der Waals surface area contributed by atoms with Gasteiger partial charge in [-0.25, -0.2) is 0 Å². The van der Waals surface area contributed by atoms with Crippen molar-refractivity contribution in [3.8, 4) is 0 Å². The molecule has 27 heavy (non-hydrogen) atoms. The van der Waals surface area contributed by atoms with Crippen LogP contribution < -0.4 is 4.90 Å². The molecule has 2 aromatic heterocycles. The van der Waals surface area contributed by atoms with Gasteiger partial charge in [-0.1, -0.05) is 6.07 Å². The summed E-state index contributed by atoms with van der Waals surface area (Å²) >= 11 is 1.63. The van der Waals surface area contributed by atoms with Crippen molar-refractivity contribution in [3.63, 3.8) is 0 Å². The molecule has 3 aromatic rings. The van der Waals surface area contributed by atoms with E-state index in [2.05, 4.69) is 0 Å². The molecule has 0 bridgehead atoms. The first kappa shape index (κ1) is 17.5. The smallest absolute Gasteiger partial charge is 0.254 e. The summed E-state index contributed by atoms with van der Waals surface area (Å²) in [5, 5.41) is 2.01. The van der Waals surface area contributed by atoms with E-state index in [1.165, 1.54) is 0 Å². The molecule has 0 radical (unpaired) electrons. The number of amides is 2. The van der Waals surface area contributed by atoms with Crippen molar-refractivity contribution in [3.05, 3.63) is 76.4 Å². The van der Waals surface area contributed by atoms with Gasteiger partial charge < -0.3 is 14.2 Å². The van der Waals surface area contributed by atoms with Crippen molar-refractivity contribution in [1.29, 1.82) is 0 Å². The molecule has 4 rings (SSSR count). The Morgan fingerprint density at radius 2 is 1.96 bits per heavy atom. The maximum absolute atomic E-state index is 13.1. The van der Waals surface area contributed by atoms with E-state index in [0.29, 0.717) is 25.1 Å². The Morgan fingerprint density at radius 1 is 1.11 bits per heavy atom. The van der Waals surface area contributed by atoms with E-state index in [9.17, 15) is 9.59 Å². The number of furan rings is 1. The number of carbonyl (C=O) groups excluding carboxylic acids is 2. The van der Waals surface area contributed by atoms with E-state index in [0.717, 1.165) is 29.3 Å². The lowest BCUT2D eigenvalue weighted by atomic mass is 10.1. The highest BCUT2D eigenvalue weighted by Gasteiger charge is 2.23. The number of anilines is 1. The maximum atomic E-state index is 13.1. The van der Waals surface area contributed by atoms with Crippen molar-refractivity contribution in [2.45, 2.75) is 25.9 Å². The van der Waals surface area contributed by atoms with Crippen LogP contribution in [0.3, 0.4) is 0 Å². The first-order chi connectivity index (χ1) is 13.2. The summed E-state index contributed by atoms with van der Waals surface area (Å²) in [6, 6.07) is 15.0. The van der Waals surface area contributed by atoms with Gasteiger partial charge in [0.15, 0.2) is 0 Å². The van der Waals surface area contributed by atoms with Gasteiger partial charge in [0.05, 0.1) is 19.4 Å². The van der Waals surface area contributed by atoms with Crippen LogP contribution in [0.25, 0.3) is 0 Å². The molecule has 6 heteroatoms. The Labute approximate surface area is 161 Å². The Kier molecular flexibility index (Phi) is 5.07.